The Morgan fingerprint density at radius 3 is 2.00 bits per heavy atom. The van der Waals surface area contributed by atoms with E-state index in [1.807, 2.05) is 45.0 Å². The van der Waals surface area contributed by atoms with Gasteiger partial charge in [0.15, 0.2) is 0 Å². The molecule has 0 aliphatic heterocycles. The number of aryl methyl sites for hydroxylation is 1. The summed E-state index contributed by atoms with van der Waals surface area (Å²) in [5.74, 6) is -0.0702. The quantitative estimate of drug-likeness (QED) is 0.790. The molecule has 0 fully saturated rings. The summed E-state index contributed by atoms with van der Waals surface area (Å²) in [7, 11) is 0. The van der Waals surface area contributed by atoms with Crippen LogP contribution in [0.4, 0.5) is 0 Å². The smallest absolute Gasteiger partial charge is 0.267 e. The molecule has 1 aromatic heterocycles. The molecule has 0 radical (unpaired) electrons. The summed E-state index contributed by atoms with van der Waals surface area (Å²) in [6, 6.07) is 7.81. The molecule has 2 aromatic rings. The van der Waals surface area contributed by atoms with E-state index in [1.54, 1.807) is 0 Å². The molecule has 0 saturated carbocycles. The number of aromatic nitrogens is 2. The lowest BCUT2D eigenvalue weighted by atomic mass is 9.87. The Balaban J connectivity index is 2.37. The van der Waals surface area contributed by atoms with Crippen LogP contribution in [0.3, 0.4) is 0 Å². The van der Waals surface area contributed by atoms with Crippen LogP contribution in [0.15, 0.2) is 24.3 Å². The summed E-state index contributed by atoms with van der Waals surface area (Å²) in [5.41, 5.74) is 4.87. The van der Waals surface area contributed by atoms with E-state index in [1.165, 1.54) is 10.2 Å². The van der Waals surface area contributed by atoms with Crippen molar-refractivity contribution in [3.63, 3.8) is 0 Å². The monoisotopic (exact) mass is 270 g/mol. The minimum absolute atomic E-state index is 0.0702. The second-order valence-electron chi connectivity index (χ2n) is 6.34. The highest BCUT2D eigenvalue weighted by atomic mass is 16.2. The molecule has 0 unspecified atom stereocenters. The van der Waals surface area contributed by atoms with E-state index in [0.29, 0.717) is 5.56 Å². The molecule has 0 bridgehead atoms. The minimum Gasteiger partial charge on any atom is -0.267 e. The Morgan fingerprint density at radius 1 is 1.05 bits per heavy atom. The molecular formula is C17H22N2O. The van der Waals surface area contributed by atoms with Crippen LogP contribution in [0.25, 0.3) is 0 Å². The van der Waals surface area contributed by atoms with Crippen LogP contribution in [0.2, 0.25) is 0 Å². The van der Waals surface area contributed by atoms with Crippen LogP contribution >= 0.6 is 0 Å². The van der Waals surface area contributed by atoms with Gasteiger partial charge < -0.3 is 0 Å². The molecular weight excluding hydrogens is 248 g/mol. The molecule has 3 nitrogen and oxygen atoms in total. The fraction of sp³-hybridized carbons (Fsp3) is 0.412. The minimum atomic E-state index is -0.0702. The van der Waals surface area contributed by atoms with E-state index in [4.69, 9.17) is 0 Å². The molecule has 0 atom stereocenters. The number of hydrogen-bond donors (Lipinski definition) is 0. The molecule has 1 heterocycles. The van der Waals surface area contributed by atoms with Crippen molar-refractivity contribution in [2.75, 3.05) is 0 Å². The molecule has 1 aromatic carbocycles. The van der Waals surface area contributed by atoms with Gasteiger partial charge in [0.05, 0.1) is 5.69 Å². The highest BCUT2D eigenvalue weighted by Crippen LogP contribution is 2.22. The first kappa shape index (κ1) is 14.5. The van der Waals surface area contributed by atoms with Gasteiger partial charge in [0.25, 0.3) is 5.91 Å². The van der Waals surface area contributed by atoms with Gasteiger partial charge in [0.2, 0.25) is 0 Å². The van der Waals surface area contributed by atoms with Crippen LogP contribution in [0.1, 0.15) is 53.6 Å². The van der Waals surface area contributed by atoms with E-state index >= 15 is 0 Å². The third-order valence-electron chi connectivity index (χ3n) is 3.84. The van der Waals surface area contributed by atoms with Crippen molar-refractivity contribution in [2.45, 2.75) is 47.0 Å². The number of hydrogen-bond acceptors (Lipinski definition) is 2. The first-order chi connectivity index (χ1) is 9.21. The molecule has 0 spiro atoms. The molecule has 0 saturated heterocycles. The van der Waals surface area contributed by atoms with Gasteiger partial charge in [-0.15, -0.1) is 0 Å². The van der Waals surface area contributed by atoms with Crippen LogP contribution in [0.5, 0.6) is 0 Å². The second-order valence-corrected chi connectivity index (χ2v) is 6.34. The standard InChI is InChI=1S/C17H22N2O/c1-11-12(2)18-19(13(11)3)16(20)14-7-9-15(10-8-14)17(4,5)6/h7-10H,1-6H3. The van der Waals surface area contributed by atoms with Crippen molar-refractivity contribution < 1.29 is 4.79 Å². The summed E-state index contributed by atoms with van der Waals surface area (Å²) >= 11 is 0. The first-order valence-corrected chi connectivity index (χ1v) is 6.90. The number of nitrogens with zero attached hydrogens (tertiary/aromatic N) is 2. The first-order valence-electron chi connectivity index (χ1n) is 6.90. The largest absolute Gasteiger partial charge is 0.278 e. The predicted octanol–water partition coefficient (Wildman–Crippen LogP) is 3.79. The third-order valence-corrected chi connectivity index (χ3v) is 3.84. The van der Waals surface area contributed by atoms with E-state index < -0.39 is 0 Å². The maximum Gasteiger partial charge on any atom is 0.278 e. The van der Waals surface area contributed by atoms with Crippen molar-refractivity contribution in [3.05, 3.63) is 52.3 Å². The van der Waals surface area contributed by atoms with E-state index in [9.17, 15) is 4.79 Å². The molecule has 3 heteroatoms. The normalized spacial score (nSPS) is 11.7. The van der Waals surface area contributed by atoms with Gasteiger partial charge in [-0.25, -0.2) is 4.68 Å². The van der Waals surface area contributed by atoms with Gasteiger partial charge in [0, 0.05) is 11.3 Å². The number of carbonyl (C=O) groups excluding carboxylic acids is 1. The fourth-order valence-corrected chi connectivity index (χ4v) is 2.15. The maximum atomic E-state index is 12.5. The van der Waals surface area contributed by atoms with Crippen molar-refractivity contribution in [2.24, 2.45) is 0 Å². The number of benzene rings is 1. The Hall–Kier alpha value is -1.90. The maximum absolute atomic E-state index is 12.5. The SMILES string of the molecule is Cc1nn(C(=O)c2ccc(C(C)(C)C)cc2)c(C)c1C. The van der Waals surface area contributed by atoms with E-state index in [-0.39, 0.29) is 11.3 Å². The molecule has 106 valence electrons. The van der Waals surface area contributed by atoms with Crippen LogP contribution in [-0.4, -0.2) is 15.7 Å². The highest BCUT2D eigenvalue weighted by Gasteiger charge is 2.17. The second kappa shape index (κ2) is 4.89. The zero-order chi connectivity index (χ0) is 15.1. The van der Waals surface area contributed by atoms with Gasteiger partial charge >= 0.3 is 0 Å². The Kier molecular flexibility index (Phi) is 3.55. The topological polar surface area (TPSA) is 34.9 Å². The summed E-state index contributed by atoms with van der Waals surface area (Å²) in [5, 5.41) is 4.32. The van der Waals surface area contributed by atoms with E-state index in [2.05, 4.69) is 25.9 Å². The molecule has 0 amide bonds. The van der Waals surface area contributed by atoms with Gasteiger partial charge in [-0.2, -0.15) is 5.10 Å². The van der Waals surface area contributed by atoms with Crippen molar-refractivity contribution in [1.29, 1.82) is 0 Å². The van der Waals surface area contributed by atoms with E-state index in [0.717, 1.165) is 17.0 Å². The molecule has 0 N–H and O–H groups in total. The lowest BCUT2D eigenvalue weighted by Gasteiger charge is -2.19. The average molecular weight is 270 g/mol. The Labute approximate surface area is 120 Å². The lowest BCUT2D eigenvalue weighted by molar-refractivity contribution is 0.0942. The van der Waals surface area contributed by atoms with Crippen molar-refractivity contribution in [3.8, 4) is 0 Å². The van der Waals surface area contributed by atoms with Crippen molar-refractivity contribution in [1.82, 2.24) is 9.78 Å². The number of rotatable bonds is 1. The number of carbonyl (C=O) groups is 1. The summed E-state index contributed by atoms with van der Waals surface area (Å²) in [4.78, 5) is 12.5. The van der Waals surface area contributed by atoms with Crippen LogP contribution in [0, 0.1) is 20.8 Å². The van der Waals surface area contributed by atoms with Crippen molar-refractivity contribution >= 4 is 5.91 Å². The van der Waals surface area contributed by atoms with Gasteiger partial charge in [-0.1, -0.05) is 32.9 Å². The predicted molar refractivity (Wildman–Crippen MR) is 81.3 cm³/mol. The fourth-order valence-electron chi connectivity index (χ4n) is 2.15. The summed E-state index contributed by atoms with van der Waals surface area (Å²) < 4.78 is 1.50. The summed E-state index contributed by atoms with van der Waals surface area (Å²) in [6.45, 7) is 12.3. The van der Waals surface area contributed by atoms with Gasteiger partial charge in [-0.05, 0) is 49.4 Å². The third kappa shape index (κ3) is 2.53. The molecule has 20 heavy (non-hydrogen) atoms. The van der Waals surface area contributed by atoms with Gasteiger partial charge in [-0.3, -0.25) is 4.79 Å². The van der Waals surface area contributed by atoms with Gasteiger partial charge in [0.1, 0.15) is 0 Å². The van der Waals surface area contributed by atoms with Crippen LogP contribution < -0.4 is 0 Å². The lowest BCUT2D eigenvalue weighted by Crippen LogP contribution is -2.16. The highest BCUT2D eigenvalue weighted by molar-refractivity contribution is 5.96. The molecule has 2 rings (SSSR count). The summed E-state index contributed by atoms with van der Waals surface area (Å²) in [6.07, 6.45) is 0. The molecule has 0 aliphatic carbocycles. The Bertz CT molecular complexity index is 643. The zero-order valence-corrected chi connectivity index (χ0v) is 13.1. The van der Waals surface area contributed by atoms with Crippen LogP contribution in [-0.2, 0) is 5.41 Å². The zero-order valence-electron chi connectivity index (χ0n) is 13.1. The average Bonchev–Trinajstić information content (AvgIpc) is 2.65. The molecule has 0 aliphatic rings. The Morgan fingerprint density at radius 2 is 1.60 bits per heavy atom.